The molecule has 4 N–H and O–H groups in total. The Morgan fingerprint density at radius 3 is 3.00 bits per heavy atom. The average molecular weight is 225 g/mol. The number of aromatic nitrogens is 2. The molecule has 2 heterocycles. The number of fused-ring (bicyclic) bond motifs is 1. The van der Waals surface area contributed by atoms with Crippen LogP contribution in [0.2, 0.25) is 0 Å². The lowest BCUT2D eigenvalue weighted by atomic mass is 10.0. The minimum absolute atomic E-state index is 0.0370. The first-order chi connectivity index (χ1) is 7.65. The van der Waals surface area contributed by atoms with E-state index in [-0.39, 0.29) is 18.3 Å². The highest BCUT2D eigenvalue weighted by Gasteiger charge is 2.28. The second-order valence-corrected chi connectivity index (χ2v) is 3.94. The minimum Gasteiger partial charge on any atom is -0.476 e. The lowest BCUT2D eigenvalue weighted by Gasteiger charge is -2.22. The van der Waals surface area contributed by atoms with Gasteiger partial charge in [0.15, 0.2) is 5.69 Å². The Morgan fingerprint density at radius 1 is 1.62 bits per heavy atom. The molecule has 2 rings (SSSR count). The highest BCUT2D eigenvalue weighted by atomic mass is 16.4. The van der Waals surface area contributed by atoms with E-state index in [4.69, 9.17) is 15.9 Å². The van der Waals surface area contributed by atoms with Gasteiger partial charge in [-0.2, -0.15) is 0 Å². The van der Waals surface area contributed by atoms with Gasteiger partial charge >= 0.3 is 5.97 Å². The van der Waals surface area contributed by atoms with Crippen molar-refractivity contribution in [3.05, 3.63) is 17.2 Å². The summed E-state index contributed by atoms with van der Waals surface area (Å²) in [6.45, 7) is 0.698. The van der Waals surface area contributed by atoms with Crippen molar-refractivity contribution >= 4 is 5.97 Å². The smallest absolute Gasteiger partial charge is 0.356 e. The van der Waals surface area contributed by atoms with Crippen molar-refractivity contribution in [2.24, 2.45) is 5.73 Å². The zero-order valence-corrected chi connectivity index (χ0v) is 8.89. The highest BCUT2D eigenvalue weighted by Crippen LogP contribution is 2.27. The van der Waals surface area contributed by atoms with Crippen LogP contribution in [0.1, 0.15) is 40.9 Å². The minimum atomic E-state index is -1.05. The van der Waals surface area contributed by atoms with Gasteiger partial charge in [-0.1, -0.05) is 0 Å². The molecule has 88 valence electrons. The lowest BCUT2D eigenvalue weighted by molar-refractivity contribution is 0.0688. The van der Waals surface area contributed by atoms with E-state index in [1.165, 1.54) is 0 Å². The number of nitrogens with zero attached hydrogens (tertiary/aromatic N) is 2. The molecular formula is C10H15N3O3. The van der Waals surface area contributed by atoms with Crippen LogP contribution in [0.3, 0.4) is 0 Å². The maximum Gasteiger partial charge on any atom is 0.356 e. The van der Waals surface area contributed by atoms with Gasteiger partial charge in [-0.3, -0.25) is 0 Å². The SMILES string of the molecule is NC1CCCn2c(CCO)nc(C(=O)O)c21. The quantitative estimate of drug-likeness (QED) is 0.667. The Labute approximate surface area is 92.7 Å². The summed E-state index contributed by atoms with van der Waals surface area (Å²) in [5.74, 6) is -0.435. The van der Waals surface area contributed by atoms with Gasteiger partial charge in [-0.05, 0) is 12.8 Å². The van der Waals surface area contributed by atoms with Crippen molar-refractivity contribution in [1.82, 2.24) is 9.55 Å². The monoisotopic (exact) mass is 225 g/mol. The van der Waals surface area contributed by atoms with Crippen molar-refractivity contribution in [3.8, 4) is 0 Å². The fourth-order valence-corrected chi connectivity index (χ4v) is 2.19. The standard InChI is InChI=1S/C10H15N3O3/c11-6-2-1-4-13-7(3-5-14)12-8(9(6)13)10(15)16/h6,14H,1-5,11H2,(H,15,16). The van der Waals surface area contributed by atoms with Crippen LogP contribution in [-0.4, -0.2) is 32.3 Å². The molecule has 0 radical (unpaired) electrons. The van der Waals surface area contributed by atoms with Crippen molar-refractivity contribution in [2.75, 3.05) is 6.61 Å². The Kier molecular flexibility index (Phi) is 2.93. The van der Waals surface area contributed by atoms with Gasteiger partial charge in [0.05, 0.1) is 12.3 Å². The normalized spacial score (nSPS) is 19.5. The molecule has 0 saturated heterocycles. The van der Waals surface area contributed by atoms with Crippen LogP contribution in [0.4, 0.5) is 0 Å². The van der Waals surface area contributed by atoms with Crippen LogP contribution in [0, 0.1) is 0 Å². The number of rotatable bonds is 3. The molecular weight excluding hydrogens is 210 g/mol. The van der Waals surface area contributed by atoms with Gasteiger partial charge in [-0.25, -0.2) is 9.78 Å². The molecule has 1 aliphatic rings. The number of aliphatic hydroxyl groups is 1. The van der Waals surface area contributed by atoms with Gasteiger partial charge in [0.25, 0.3) is 0 Å². The number of carboxylic acid groups (broad SMARTS) is 1. The van der Waals surface area contributed by atoms with E-state index < -0.39 is 5.97 Å². The summed E-state index contributed by atoms with van der Waals surface area (Å²) < 4.78 is 1.84. The summed E-state index contributed by atoms with van der Waals surface area (Å²) in [6.07, 6.45) is 2.07. The summed E-state index contributed by atoms with van der Waals surface area (Å²) in [5.41, 5.74) is 6.54. The van der Waals surface area contributed by atoms with E-state index in [0.717, 1.165) is 19.4 Å². The number of hydrogen-bond donors (Lipinski definition) is 3. The van der Waals surface area contributed by atoms with Crippen LogP contribution in [-0.2, 0) is 13.0 Å². The molecule has 0 amide bonds. The fraction of sp³-hybridized carbons (Fsp3) is 0.600. The molecule has 0 aliphatic carbocycles. The topological polar surface area (TPSA) is 101 Å². The molecule has 1 unspecified atom stereocenters. The first-order valence-corrected chi connectivity index (χ1v) is 5.34. The first-order valence-electron chi connectivity index (χ1n) is 5.34. The average Bonchev–Trinajstić information content (AvgIpc) is 2.60. The molecule has 0 spiro atoms. The Balaban J connectivity index is 2.51. The van der Waals surface area contributed by atoms with Crippen molar-refractivity contribution < 1.29 is 15.0 Å². The van der Waals surface area contributed by atoms with Crippen molar-refractivity contribution in [2.45, 2.75) is 31.8 Å². The van der Waals surface area contributed by atoms with E-state index in [9.17, 15) is 4.79 Å². The van der Waals surface area contributed by atoms with Gasteiger partial charge in [0.2, 0.25) is 0 Å². The number of carbonyl (C=O) groups is 1. The summed E-state index contributed by atoms with van der Waals surface area (Å²) in [5, 5.41) is 17.9. The molecule has 0 fully saturated rings. The first kappa shape index (κ1) is 11.1. The molecule has 1 atom stereocenters. The molecule has 0 saturated carbocycles. The van der Waals surface area contributed by atoms with E-state index >= 15 is 0 Å². The zero-order chi connectivity index (χ0) is 11.7. The van der Waals surface area contributed by atoms with Crippen LogP contribution in [0.5, 0.6) is 0 Å². The van der Waals surface area contributed by atoms with Gasteiger partial charge in [0, 0.05) is 19.0 Å². The number of imidazole rings is 1. The molecule has 6 heteroatoms. The van der Waals surface area contributed by atoms with Crippen LogP contribution in [0.25, 0.3) is 0 Å². The number of carboxylic acids is 1. The summed E-state index contributed by atoms with van der Waals surface area (Å²) >= 11 is 0. The van der Waals surface area contributed by atoms with Crippen molar-refractivity contribution in [3.63, 3.8) is 0 Å². The highest BCUT2D eigenvalue weighted by molar-refractivity contribution is 5.87. The fourth-order valence-electron chi connectivity index (χ4n) is 2.19. The lowest BCUT2D eigenvalue weighted by Crippen LogP contribution is -2.24. The van der Waals surface area contributed by atoms with Gasteiger partial charge < -0.3 is 20.5 Å². The third kappa shape index (κ3) is 1.70. The molecule has 0 aromatic carbocycles. The second-order valence-electron chi connectivity index (χ2n) is 3.94. The van der Waals surface area contributed by atoms with Crippen molar-refractivity contribution in [1.29, 1.82) is 0 Å². The van der Waals surface area contributed by atoms with E-state index in [0.29, 0.717) is 17.9 Å². The predicted octanol–water partition coefficient (Wildman–Crippen LogP) is -0.0903. The Bertz CT molecular complexity index is 414. The summed E-state index contributed by atoms with van der Waals surface area (Å²) in [4.78, 5) is 15.1. The van der Waals surface area contributed by atoms with Crippen LogP contribution in [0.15, 0.2) is 0 Å². The van der Waals surface area contributed by atoms with Gasteiger partial charge in [0.1, 0.15) is 5.82 Å². The van der Waals surface area contributed by atoms with E-state index in [1.807, 2.05) is 4.57 Å². The summed E-state index contributed by atoms with van der Waals surface area (Å²) in [6, 6.07) is -0.264. The third-order valence-corrected chi connectivity index (χ3v) is 2.87. The zero-order valence-electron chi connectivity index (χ0n) is 8.89. The maximum atomic E-state index is 11.0. The number of aromatic carboxylic acids is 1. The Morgan fingerprint density at radius 2 is 2.38 bits per heavy atom. The molecule has 16 heavy (non-hydrogen) atoms. The maximum absolute atomic E-state index is 11.0. The molecule has 1 aromatic rings. The largest absolute Gasteiger partial charge is 0.476 e. The number of nitrogens with two attached hydrogens (primary N) is 1. The van der Waals surface area contributed by atoms with Gasteiger partial charge in [-0.15, -0.1) is 0 Å². The van der Waals surface area contributed by atoms with E-state index in [1.54, 1.807) is 0 Å². The predicted molar refractivity (Wildman–Crippen MR) is 56.1 cm³/mol. The summed E-state index contributed by atoms with van der Waals surface area (Å²) in [7, 11) is 0. The number of aliphatic hydroxyl groups excluding tert-OH is 1. The molecule has 1 aromatic heterocycles. The second kappa shape index (κ2) is 4.23. The van der Waals surface area contributed by atoms with E-state index in [2.05, 4.69) is 4.98 Å². The third-order valence-electron chi connectivity index (χ3n) is 2.87. The van der Waals surface area contributed by atoms with Crippen LogP contribution >= 0.6 is 0 Å². The molecule has 0 bridgehead atoms. The molecule has 6 nitrogen and oxygen atoms in total. The molecule has 1 aliphatic heterocycles. The number of hydrogen-bond acceptors (Lipinski definition) is 4. The van der Waals surface area contributed by atoms with Crippen LogP contribution < -0.4 is 5.73 Å². The Hall–Kier alpha value is -1.40.